The molecule has 0 radical (unpaired) electrons. The lowest BCUT2D eigenvalue weighted by atomic mass is 10.1. The molecule has 0 aliphatic heterocycles. The normalized spacial score (nSPS) is 11.1. The number of esters is 1. The minimum atomic E-state index is -0.248. The molecule has 1 rings (SSSR count). The summed E-state index contributed by atoms with van der Waals surface area (Å²) in [4.78, 5) is 11.7. The molecule has 0 aliphatic carbocycles. The van der Waals surface area contributed by atoms with Gasteiger partial charge in [0.2, 0.25) is 0 Å². The summed E-state index contributed by atoms with van der Waals surface area (Å²) >= 11 is 0. The second-order valence-electron chi connectivity index (χ2n) is 4.15. The number of rotatable bonds is 6. The number of carbonyl (C=O) groups is 1. The molecule has 1 aromatic rings. The van der Waals surface area contributed by atoms with Crippen LogP contribution in [-0.4, -0.2) is 12.6 Å². The maximum atomic E-state index is 11.7. The van der Waals surface area contributed by atoms with Gasteiger partial charge in [-0.15, -0.1) is 0 Å². The van der Waals surface area contributed by atoms with Gasteiger partial charge < -0.3 is 4.74 Å². The maximum absolute atomic E-state index is 11.7. The van der Waals surface area contributed by atoms with Crippen LogP contribution in [0.3, 0.4) is 0 Å². The average molecular weight is 244 g/mol. The molecule has 1 aromatic carbocycles. The van der Waals surface area contributed by atoms with E-state index < -0.39 is 0 Å². The molecule has 96 valence electrons. The summed E-state index contributed by atoms with van der Waals surface area (Å²) in [6, 6.07) is 7.81. The summed E-state index contributed by atoms with van der Waals surface area (Å²) in [5.74, 6) is -0.248. The van der Waals surface area contributed by atoms with Crippen LogP contribution >= 0.6 is 0 Å². The summed E-state index contributed by atoms with van der Waals surface area (Å²) in [7, 11) is 0. The maximum Gasteiger partial charge on any atom is 0.333 e. The summed E-state index contributed by atoms with van der Waals surface area (Å²) in [5.41, 5.74) is 2.61. The standard InChI is InChI=1S/C16H20O2/c1-4-6-11-18-16(17)13(3)12-15-10-8-7-9-14(15)5-2/h5,7-10,12H,2,4,6,11H2,1,3H3/b13-12+. The average Bonchev–Trinajstić information content (AvgIpc) is 2.39. The molecule has 2 nitrogen and oxygen atoms in total. The monoisotopic (exact) mass is 244 g/mol. The summed E-state index contributed by atoms with van der Waals surface area (Å²) in [5, 5.41) is 0. The lowest BCUT2D eigenvalue weighted by Crippen LogP contribution is -2.06. The van der Waals surface area contributed by atoms with Gasteiger partial charge in [0.05, 0.1) is 6.61 Å². The fourth-order valence-electron chi connectivity index (χ4n) is 1.54. The SMILES string of the molecule is C=Cc1ccccc1/C=C(\C)C(=O)OCCCC. The quantitative estimate of drug-likeness (QED) is 0.428. The lowest BCUT2D eigenvalue weighted by Gasteiger charge is -2.05. The molecule has 0 fully saturated rings. The van der Waals surface area contributed by atoms with E-state index in [1.807, 2.05) is 30.3 Å². The van der Waals surface area contributed by atoms with Crippen LogP contribution in [-0.2, 0) is 9.53 Å². The van der Waals surface area contributed by atoms with Crippen LogP contribution in [0.4, 0.5) is 0 Å². The van der Waals surface area contributed by atoms with Crippen LogP contribution in [0, 0.1) is 0 Å². The van der Waals surface area contributed by atoms with Crippen molar-refractivity contribution in [3.8, 4) is 0 Å². The van der Waals surface area contributed by atoms with E-state index >= 15 is 0 Å². The van der Waals surface area contributed by atoms with Crippen LogP contribution in [0.5, 0.6) is 0 Å². The number of hydrogen-bond acceptors (Lipinski definition) is 2. The first kappa shape index (κ1) is 14.2. The first-order valence-electron chi connectivity index (χ1n) is 6.26. The largest absolute Gasteiger partial charge is 0.462 e. The zero-order chi connectivity index (χ0) is 13.4. The van der Waals surface area contributed by atoms with Gasteiger partial charge in [0.15, 0.2) is 0 Å². The molecular weight excluding hydrogens is 224 g/mol. The highest BCUT2D eigenvalue weighted by atomic mass is 16.5. The van der Waals surface area contributed by atoms with Crippen molar-refractivity contribution < 1.29 is 9.53 Å². The van der Waals surface area contributed by atoms with Gasteiger partial charge in [0.25, 0.3) is 0 Å². The van der Waals surface area contributed by atoms with Crippen molar-refractivity contribution in [1.29, 1.82) is 0 Å². The molecular formula is C16H20O2. The first-order chi connectivity index (χ1) is 8.69. The zero-order valence-corrected chi connectivity index (χ0v) is 11.1. The van der Waals surface area contributed by atoms with Crippen molar-refractivity contribution in [2.45, 2.75) is 26.7 Å². The second kappa shape index (κ2) is 7.49. The van der Waals surface area contributed by atoms with E-state index in [4.69, 9.17) is 4.74 Å². The Morgan fingerprint density at radius 1 is 1.33 bits per heavy atom. The van der Waals surface area contributed by atoms with Gasteiger partial charge in [-0.1, -0.05) is 50.3 Å². The Balaban J connectivity index is 2.75. The molecule has 0 saturated heterocycles. The zero-order valence-electron chi connectivity index (χ0n) is 11.1. The Labute approximate surface area is 109 Å². The van der Waals surface area contributed by atoms with Crippen molar-refractivity contribution in [2.24, 2.45) is 0 Å². The summed E-state index contributed by atoms with van der Waals surface area (Å²) in [6.45, 7) is 8.09. The molecule has 0 atom stereocenters. The Bertz CT molecular complexity index is 444. The molecule has 0 spiro atoms. The molecule has 18 heavy (non-hydrogen) atoms. The van der Waals surface area contributed by atoms with E-state index in [0.29, 0.717) is 12.2 Å². The van der Waals surface area contributed by atoms with Gasteiger partial charge in [0, 0.05) is 5.57 Å². The summed E-state index contributed by atoms with van der Waals surface area (Å²) in [6.07, 6.45) is 5.55. The third-order valence-corrected chi connectivity index (χ3v) is 2.64. The Morgan fingerprint density at radius 3 is 2.61 bits per heavy atom. The van der Waals surface area contributed by atoms with E-state index in [1.165, 1.54) is 0 Å². The molecule has 0 saturated carbocycles. The van der Waals surface area contributed by atoms with Crippen molar-refractivity contribution >= 4 is 18.1 Å². The molecule has 0 bridgehead atoms. The Hall–Kier alpha value is -1.83. The topological polar surface area (TPSA) is 26.3 Å². The molecule has 0 N–H and O–H groups in total. The van der Waals surface area contributed by atoms with Gasteiger partial charge in [0.1, 0.15) is 0 Å². The Morgan fingerprint density at radius 2 is 2.00 bits per heavy atom. The number of carbonyl (C=O) groups excluding carboxylic acids is 1. The Kier molecular flexibility index (Phi) is 5.92. The fourth-order valence-corrected chi connectivity index (χ4v) is 1.54. The van der Waals surface area contributed by atoms with Crippen LogP contribution in [0.2, 0.25) is 0 Å². The van der Waals surface area contributed by atoms with Crippen LogP contribution in [0.1, 0.15) is 37.8 Å². The molecule has 0 heterocycles. The lowest BCUT2D eigenvalue weighted by molar-refractivity contribution is -0.138. The number of benzene rings is 1. The van der Waals surface area contributed by atoms with Crippen molar-refractivity contribution in [3.05, 3.63) is 47.5 Å². The predicted molar refractivity (Wildman–Crippen MR) is 76.1 cm³/mol. The second-order valence-corrected chi connectivity index (χ2v) is 4.15. The highest BCUT2D eigenvalue weighted by Gasteiger charge is 2.06. The predicted octanol–water partition coefficient (Wildman–Crippen LogP) is 4.08. The highest BCUT2D eigenvalue weighted by Crippen LogP contribution is 2.14. The van der Waals surface area contributed by atoms with Gasteiger partial charge in [-0.25, -0.2) is 4.79 Å². The fraction of sp³-hybridized carbons (Fsp3) is 0.312. The number of unbranched alkanes of at least 4 members (excludes halogenated alkanes) is 1. The first-order valence-corrected chi connectivity index (χ1v) is 6.26. The van der Waals surface area contributed by atoms with Gasteiger partial charge in [-0.05, 0) is 30.5 Å². The smallest absolute Gasteiger partial charge is 0.333 e. The molecule has 2 heteroatoms. The minimum Gasteiger partial charge on any atom is -0.462 e. The van der Waals surface area contributed by atoms with E-state index in [2.05, 4.69) is 13.5 Å². The van der Waals surface area contributed by atoms with Gasteiger partial charge in [-0.2, -0.15) is 0 Å². The summed E-state index contributed by atoms with van der Waals surface area (Å²) < 4.78 is 5.16. The van der Waals surface area contributed by atoms with Crippen molar-refractivity contribution in [3.63, 3.8) is 0 Å². The third kappa shape index (κ3) is 4.21. The van der Waals surface area contributed by atoms with Crippen LogP contribution < -0.4 is 0 Å². The van der Waals surface area contributed by atoms with E-state index in [0.717, 1.165) is 24.0 Å². The number of hydrogen-bond donors (Lipinski definition) is 0. The van der Waals surface area contributed by atoms with Crippen molar-refractivity contribution in [1.82, 2.24) is 0 Å². The van der Waals surface area contributed by atoms with Gasteiger partial charge >= 0.3 is 5.97 Å². The molecule has 0 unspecified atom stereocenters. The minimum absolute atomic E-state index is 0.248. The van der Waals surface area contributed by atoms with E-state index in [1.54, 1.807) is 13.0 Å². The molecule has 0 aromatic heterocycles. The van der Waals surface area contributed by atoms with E-state index in [9.17, 15) is 4.79 Å². The van der Waals surface area contributed by atoms with Crippen LogP contribution in [0.15, 0.2) is 36.4 Å². The van der Waals surface area contributed by atoms with Crippen LogP contribution in [0.25, 0.3) is 12.2 Å². The van der Waals surface area contributed by atoms with Gasteiger partial charge in [-0.3, -0.25) is 0 Å². The molecule has 0 amide bonds. The van der Waals surface area contributed by atoms with Crippen molar-refractivity contribution in [2.75, 3.05) is 6.61 Å². The van der Waals surface area contributed by atoms with E-state index in [-0.39, 0.29) is 5.97 Å². The highest BCUT2D eigenvalue weighted by molar-refractivity contribution is 5.93. The third-order valence-electron chi connectivity index (χ3n) is 2.64. The number of ether oxygens (including phenoxy) is 1. The molecule has 0 aliphatic rings.